The van der Waals surface area contributed by atoms with Gasteiger partial charge in [-0.3, -0.25) is 4.79 Å². The van der Waals surface area contributed by atoms with Crippen LogP contribution in [0.3, 0.4) is 0 Å². The highest BCUT2D eigenvalue weighted by Gasteiger charge is 2.29. The van der Waals surface area contributed by atoms with Crippen LogP contribution in [0, 0.1) is 6.92 Å². The summed E-state index contributed by atoms with van der Waals surface area (Å²) in [7, 11) is 1.65. The van der Waals surface area contributed by atoms with Crippen molar-refractivity contribution < 1.29 is 9.53 Å². The molecule has 2 aromatic carbocycles. The number of carbonyl (C=O) groups excluding carboxylic acids is 1. The largest absolute Gasteiger partial charge is 0.497 e. The number of hydrogen-bond acceptors (Lipinski definition) is 6. The van der Waals surface area contributed by atoms with Crippen molar-refractivity contribution in [2.24, 2.45) is 0 Å². The maximum Gasteiger partial charge on any atom is 0.253 e. The fraction of sp³-hybridized carbons (Fsp3) is 0.250. The van der Waals surface area contributed by atoms with E-state index < -0.39 is 0 Å². The molecular weight excluding hydrogens is 408 g/mol. The van der Waals surface area contributed by atoms with E-state index in [-0.39, 0.29) is 11.7 Å². The van der Waals surface area contributed by atoms with Gasteiger partial charge in [-0.05, 0) is 48.1 Å². The lowest BCUT2D eigenvalue weighted by Crippen LogP contribution is -2.22. The Labute approximate surface area is 184 Å². The maximum absolute atomic E-state index is 12.9. The zero-order chi connectivity index (χ0) is 21.4. The Kier molecular flexibility index (Phi) is 5.19. The summed E-state index contributed by atoms with van der Waals surface area (Å²) in [5, 5.41) is 5.36. The summed E-state index contributed by atoms with van der Waals surface area (Å²) >= 11 is 1.58. The Bertz CT molecular complexity index is 1270. The summed E-state index contributed by atoms with van der Waals surface area (Å²) in [5.74, 6) is 2.34. The van der Waals surface area contributed by atoms with E-state index in [0.29, 0.717) is 22.9 Å². The smallest absolute Gasteiger partial charge is 0.253 e. The molecule has 0 saturated carbocycles. The number of hydrogen-bond donors (Lipinski definition) is 0. The van der Waals surface area contributed by atoms with Gasteiger partial charge in [0, 0.05) is 18.4 Å². The first-order chi connectivity index (χ1) is 15.1. The minimum absolute atomic E-state index is 0.0982. The van der Waals surface area contributed by atoms with Crippen molar-refractivity contribution in [3.8, 4) is 5.75 Å². The number of benzene rings is 2. The lowest BCUT2D eigenvalue weighted by atomic mass is 9.82. The van der Waals surface area contributed by atoms with Crippen LogP contribution in [-0.4, -0.2) is 32.5 Å². The van der Waals surface area contributed by atoms with Crippen molar-refractivity contribution in [2.75, 3.05) is 7.11 Å². The first-order valence-corrected chi connectivity index (χ1v) is 11.2. The van der Waals surface area contributed by atoms with Gasteiger partial charge in [-0.1, -0.05) is 48.2 Å². The first kappa shape index (κ1) is 19.8. The van der Waals surface area contributed by atoms with Crippen LogP contribution in [0.1, 0.15) is 45.1 Å². The summed E-state index contributed by atoms with van der Waals surface area (Å²) in [6.07, 6.45) is 2.84. The van der Waals surface area contributed by atoms with Crippen molar-refractivity contribution >= 4 is 23.3 Å². The molecule has 1 unspecified atom stereocenters. The number of thioether (sulfide) groups is 1. The quantitative estimate of drug-likeness (QED) is 0.430. The summed E-state index contributed by atoms with van der Waals surface area (Å²) in [5.41, 5.74) is 5.17. The summed E-state index contributed by atoms with van der Waals surface area (Å²) in [6, 6.07) is 16.3. The lowest BCUT2D eigenvalue weighted by molar-refractivity contribution is 0.0962. The molecule has 1 aliphatic carbocycles. The second-order valence-corrected chi connectivity index (χ2v) is 8.68. The minimum Gasteiger partial charge on any atom is -0.497 e. The Morgan fingerprint density at radius 1 is 1.13 bits per heavy atom. The molecule has 0 saturated heterocycles. The Balaban J connectivity index is 1.44. The molecule has 5 rings (SSSR count). The highest BCUT2D eigenvalue weighted by atomic mass is 32.2. The number of methoxy groups -OCH3 is 1. The maximum atomic E-state index is 12.9. The van der Waals surface area contributed by atoms with Crippen LogP contribution in [0.2, 0.25) is 0 Å². The van der Waals surface area contributed by atoms with Crippen LogP contribution < -0.4 is 4.74 Å². The second-order valence-electron chi connectivity index (χ2n) is 7.74. The number of aromatic nitrogens is 4. The number of aryl methyl sites for hydroxylation is 1. The van der Waals surface area contributed by atoms with Crippen LogP contribution in [0.5, 0.6) is 5.75 Å². The van der Waals surface area contributed by atoms with Crippen molar-refractivity contribution in [2.45, 2.75) is 36.6 Å². The average molecular weight is 431 g/mol. The van der Waals surface area contributed by atoms with E-state index in [4.69, 9.17) is 9.84 Å². The third kappa shape index (κ3) is 3.81. The third-order valence-corrected chi connectivity index (χ3v) is 6.71. The van der Waals surface area contributed by atoms with Crippen molar-refractivity contribution in [3.63, 3.8) is 0 Å². The summed E-state index contributed by atoms with van der Waals surface area (Å²) < 4.78 is 7.01. The number of ether oxygens (including phenoxy) is 1. The molecule has 2 aromatic heterocycles. The van der Waals surface area contributed by atoms with E-state index >= 15 is 0 Å². The molecule has 2 heterocycles. The van der Waals surface area contributed by atoms with Crippen molar-refractivity contribution in [1.29, 1.82) is 0 Å². The van der Waals surface area contributed by atoms with Gasteiger partial charge < -0.3 is 4.74 Å². The molecular formula is C24H22N4O2S. The lowest BCUT2D eigenvalue weighted by Gasteiger charge is -2.24. The normalized spacial score (nSPS) is 15.8. The molecule has 0 fully saturated rings. The number of carbonyl (C=O) groups is 1. The molecule has 0 amide bonds. The van der Waals surface area contributed by atoms with Gasteiger partial charge in [-0.25, -0.2) is 4.98 Å². The SMILES string of the molecule is COc1ccc(C2CC(=O)c3cnc4nc(SCc5ccccc5C)nn4c3C2)cc1. The van der Waals surface area contributed by atoms with Gasteiger partial charge in [0.2, 0.25) is 5.16 Å². The van der Waals surface area contributed by atoms with Gasteiger partial charge in [0.05, 0.1) is 18.4 Å². The van der Waals surface area contributed by atoms with Crippen LogP contribution in [-0.2, 0) is 12.2 Å². The van der Waals surface area contributed by atoms with Gasteiger partial charge in [-0.15, -0.1) is 5.10 Å². The minimum atomic E-state index is 0.0982. The number of ketones is 1. The van der Waals surface area contributed by atoms with Crippen molar-refractivity contribution in [3.05, 3.63) is 82.7 Å². The van der Waals surface area contributed by atoms with E-state index in [1.54, 1.807) is 29.6 Å². The first-order valence-electron chi connectivity index (χ1n) is 10.2. The standard InChI is InChI=1S/C24H22N4O2S/c1-15-5-3-4-6-17(15)14-31-24-26-23-25-13-20-21(28(23)27-24)11-18(12-22(20)29)16-7-9-19(30-2)10-8-16/h3-10,13,18H,11-12,14H2,1-2H3. The number of Topliss-reactive ketones (excluding diaryl/α,β-unsaturated/α-hetero) is 1. The zero-order valence-corrected chi connectivity index (χ0v) is 18.2. The average Bonchev–Trinajstić information content (AvgIpc) is 3.22. The Morgan fingerprint density at radius 2 is 1.94 bits per heavy atom. The summed E-state index contributed by atoms with van der Waals surface area (Å²) in [6.45, 7) is 2.11. The summed E-state index contributed by atoms with van der Waals surface area (Å²) in [4.78, 5) is 21.8. The number of nitrogens with zero attached hydrogens (tertiary/aromatic N) is 4. The molecule has 4 aromatic rings. The van der Waals surface area contributed by atoms with E-state index in [0.717, 1.165) is 29.2 Å². The number of fused-ring (bicyclic) bond motifs is 3. The van der Waals surface area contributed by atoms with Gasteiger partial charge >= 0.3 is 0 Å². The monoisotopic (exact) mass is 430 g/mol. The van der Waals surface area contributed by atoms with Gasteiger partial charge in [0.25, 0.3) is 5.78 Å². The predicted molar refractivity (Wildman–Crippen MR) is 120 cm³/mol. The van der Waals surface area contributed by atoms with E-state index in [9.17, 15) is 4.79 Å². The topological polar surface area (TPSA) is 69.4 Å². The molecule has 1 aliphatic rings. The van der Waals surface area contributed by atoms with Crippen LogP contribution in [0.4, 0.5) is 0 Å². The van der Waals surface area contributed by atoms with Crippen molar-refractivity contribution in [1.82, 2.24) is 19.6 Å². The van der Waals surface area contributed by atoms with Gasteiger partial charge in [-0.2, -0.15) is 9.50 Å². The van der Waals surface area contributed by atoms with Crippen LogP contribution >= 0.6 is 11.8 Å². The molecule has 1 atom stereocenters. The predicted octanol–water partition coefficient (Wildman–Crippen LogP) is 4.65. The second kappa shape index (κ2) is 8.15. The highest BCUT2D eigenvalue weighted by molar-refractivity contribution is 7.98. The molecule has 31 heavy (non-hydrogen) atoms. The molecule has 0 radical (unpaired) electrons. The van der Waals surface area contributed by atoms with Gasteiger partial charge in [0.15, 0.2) is 5.78 Å². The fourth-order valence-electron chi connectivity index (χ4n) is 4.02. The molecule has 156 valence electrons. The molecule has 0 N–H and O–H groups in total. The van der Waals surface area contributed by atoms with Crippen LogP contribution in [0.25, 0.3) is 5.78 Å². The van der Waals surface area contributed by atoms with Crippen LogP contribution in [0.15, 0.2) is 59.9 Å². The third-order valence-electron chi connectivity index (χ3n) is 5.82. The van der Waals surface area contributed by atoms with E-state index in [1.807, 2.05) is 36.4 Å². The Morgan fingerprint density at radius 3 is 2.71 bits per heavy atom. The molecule has 6 nitrogen and oxygen atoms in total. The molecule has 0 bridgehead atoms. The van der Waals surface area contributed by atoms with Gasteiger partial charge in [0.1, 0.15) is 5.75 Å². The molecule has 0 aliphatic heterocycles. The van der Waals surface area contributed by atoms with E-state index in [1.165, 1.54) is 11.1 Å². The molecule has 7 heteroatoms. The number of rotatable bonds is 5. The Hall–Kier alpha value is -3.19. The highest BCUT2D eigenvalue weighted by Crippen LogP contribution is 2.33. The fourth-order valence-corrected chi connectivity index (χ4v) is 4.91. The van der Waals surface area contributed by atoms with E-state index in [2.05, 4.69) is 29.0 Å². The zero-order valence-electron chi connectivity index (χ0n) is 17.4. The molecule has 0 spiro atoms.